The Kier molecular flexibility index (Phi) is 4.01. The minimum absolute atomic E-state index is 0.0732. The van der Waals surface area contributed by atoms with Gasteiger partial charge in [0.15, 0.2) is 0 Å². The molecule has 5 nitrogen and oxygen atoms in total. The van der Waals surface area contributed by atoms with Gasteiger partial charge >= 0.3 is 0 Å². The van der Waals surface area contributed by atoms with Gasteiger partial charge in [-0.15, -0.1) is 0 Å². The van der Waals surface area contributed by atoms with Gasteiger partial charge in [0.05, 0.1) is 5.56 Å². The van der Waals surface area contributed by atoms with Gasteiger partial charge in [-0.3, -0.25) is 9.69 Å². The van der Waals surface area contributed by atoms with Crippen LogP contribution >= 0.6 is 0 Å². The molecular weight excluding hydrogens is 264 g/mol. The molecule has 114 valence electrons. The Morgan fingerprint density at radius 1 is 1.29 bits per heavy atom. The highest BCUT2D eigenvalue weighted by Crippen LogP contribution is 2.30. The molecule has 2 heterocycles. The molecule has 21 heavy (non-hydrogen) atoms. The summed E-state index contributed by atoms with van der Waals surface area (Å²) in [5.41, 5.74) is 8.10. The van der Waals surface area contributed by atoms with E-state index in [9.17, 15) is 4.79 Å². The number of carbonyl (C=O) groups excluding carboxylic acids is 1. The van der Waals surface area contributed by atoms with Gasteiger partial charge in [0, 0.05) is 37.1 Å². The molecule has 1 aromatic carbocycles. The third kappa shape index (κ3) is 2.83. The Hall–Kier alpha value is -1.75. The summed E-state index contributed by atoms with van der Waals surface area (Å²) in [4.78, 5) is 14.6. The molecule has 0 aromatic heterocycles. The Balaban J connectivity index is 1.81. The first-order chi connectivity index (χ1) is 10.2. The Morgan fingerprint density at radius 3 is 2.95 bits per heavy atom. The van der Waals surface area contributed by atoms with Gasteiger partial charge in [0.2, 0.25) is 0 Å². The van der Waals surface area contributed by atoms with Gasteiger partial charge in [0.25, 0.3) is 5.91 Å². The average Bonchev–Trinajstić information content (AvgIpc) is 2.90. The van der Waals surface area contributed by atoms with Gasteiger partial charge in [-0.05, 0) is 44.0 Å². The molecule has 3 rings (SSSR count). The average molecular weight is 288 g/mol. The van der Waals surface area contributed by atoms with E-state index >= 15 is 0 Å². The van der Waals surface area contributed by atoms with Gasteiger partial charge in [0.1, 0.15) is 0 Å². The van der Waals surface area contributed by atoms with E-state index in [0.717, 1.165) is 18.7 Å². The molecule has 2 unspecified atom stereocenters. The monoisotopic (exact) mass is 288 g/mol. The van der Waals surface area contributed by atoms with E-state index < -0.39 is 0 Å². The first-order valence-corrected chi connectivity index (χ1v) is 7.81. The smallest absolute Gasteiger partial charge is 0.253 e. The van der Waals surface area contributed by atoms with Crippen LogP contribution < -0.4 is 16.4 Å². The number of nitrogens with two attached hydrogens (primary N) is 1. The Bertz CT molecular complexity index is 531. The molecule has 2 atom stereocenters. The summed E-state index contributed by atoms with van der Waals surface area (Å²) in [5.74, 6) is -0.0732. The fraction of sp³-hybridized carbons (Fsp3) is 0.562. The third-order valence-electron chi connectivity index (χ3n) is 4.71. The summed E-state index contributed by atoms with van der Waals surface area (Å²) in [6.07, 6.45) is 4.99. The molecule has 0 aliphatic carbocycles. The molecule has 2 aliphatic heterocycles. The molecule has 2 saturated heterocycles. The summed E-state index contributed by atoms with van der Waals surface area (Å²) in [6, 6.07) is 6.45. The van der Waals surface area contributed by atoms with Gasteiger partial charge in [-0.1, -0.05) is 6.42 Å². The lowest BCUT2D eigenvalue weighted by atomic mass is 9.98. The number of hydrogen-bond acceptors (Lipinski definition) is 4. The van der Waals surface area contributed by atoms with Gasteiger partial charge < -0.3 is 16.4 Å². The van der Waals surface area contributed by atoms with Crippen molar-refractivity contribution in [2.75, 3.05) is 31.2 Å². The number of anilines is 2. The summed E-state index contributed by atoms with van der Waals surface area (Å²) in [6.45, 7) is 2.36. The zero-order chi connectivity index (χ0) is 14.8. The number of hydrogen-bond donors (Lipinski definition) is 3. The molecule has 0 radical (unpaired) electrons. The summed E-state index contributed by atoms with van der Waals surface area (Å²) in [7, 11) is 1.65. The third-order valence-corrected chi connectivity index (χ3v) is 4.71. The van der Waals surface area contributed by atoms with E-state index in [2.05, 4.69) is 15.5 Å². The number of nitrogens with zero attached hydrogens (tertiary/aromatic N) is 1. The fourth-order valence-electron chi connectivity index (χ4n) is 3.63. The van der Waals surface area contributed by atoms with E-state index in [1.807, 2.05) is 6.07 Å². The maximum absolute atomic E-state index is 12.0. The molecule has 5 heteroatoms. The Labute approximate surface area is 125 Å². The first kappa shape index (κ1) is 14.2. The number of piperidine rings is 1. The quantitative estimate of drug-likeness (QED) is 0.740. The van der Waals surface area contributed by atoms with Crippen LogP contribution in [-0.4, -0.2) is 43.0 Å². The minimum atomic E-state index is -0.0732. The largest absolute Gasteiger partial charge is 0.399 e. The lowest BCUT2D eigenvalue weighted by Crippen LogP contribution is -2.42. The lowest BCUT2D eigenvalue weighted by molar-refractivity contribution is 0.0964. The number of fused-ring (bicyclic) bond motifs is 1. The molecule has 0 bridgehead atoms. The highest BCUT2D eigenvalue weighted by molar-refractivity contribution is 6.00. The highest BCUT2D eigenvalue weighted by Gasteiger charge is 2.35. The second kappa shape index (κ2) is 5.93. The first-order valence-electron chi connectivity index (χ1n) is 7.81. The lowest BCUT2D eigenvalue weighted by Gasteiger charge is -2.33. The number of amides is 1. The van der Waals surface area contributed by atoms with Crippen molar-refractivity contribution in [3.05, 3.63) is 23.8 Å². The van der Waals surface area contributed by atoms with Crippen molar-refractivity contribution in [1.82, 2.24) is 10.2 Å². The van der Waals surface area contributed by atoms with Crippen molar-refractivity contribution in [3.63, 3.8) is 0 Å². The predicted molar refractivity (Wildman–Crippen MR) is 85.5 cm³/mol. The van der Waals surface area contributed by atoms with E-state index in [0.29, 0.717) is 23.3 Å². The molecule has 2 aliphatic rings. The molecule has 4 N–H and O–H groups in total. The van der Waals surface area contributed by atoms with E-state index in [1.54, 1.807) is 19.2 Å². The fourth-order valence-corrected chi connectivity index (χ4v) is 3.63. The summed E-state index contributed by atoms with van der Waals surface area (Å²) < 4.78 is 0. The van der Waals surface area contributed by atoms with Crippen molar-refractivity contribution in [3.8, 4) is 0 Å². The van der Waals surface area contributed by atoms with E-state index in [4.69, 9.17) is 5.73 Å². The van der Waals surface area contributed by atoms with Crippen LogP contribution in [0.25, 0.3) is 0 Å². The normalized spacial score (nSPS) is 25.4. The zero-order valence-corrected chi connectivity index (χ0v) is 12.6. The van der Waals surface area contributed by atoms with Gasteiger partial charge in [-0.25, -0.2) is 0 Å². The molecule has 2 fully saturated rings. The second-order valence-electron chi connectivity index (χ2n) is 6.02. The van der Waals surface area contributed by atoms with Crippen LogP contribution in [0, 0.1) is 0 Å². The van der Waals surface area contributed by atoms with Crippen LogP contribution in [-0.2, 0) is 0 Å². The Morgan fingerprint density at radius 2 is 2.14 bits per heavy atom. The predicted octanol–water partition coefficient (Wildman–Crippen LogP) is 1.67. The zero-order valence-electron chi connectivity index (χ0n) is 12.6. The topological polar surface area (TPSA) is 70.4 Å². The number of benzene rings is 1. The van der Waals surface area contributed by atoms with Crippen molar-refractivity contribution in [2.24, 2.45) is 0 Å². The summed E-state index contributed by atoms with van der Waals surface area (Å²) >= 11 is 0. The maximum Gasteiger partial charge on any atom is 0.253 e. The van der Waals surface area contributed by atoms with E-state index in [1.165, 1.54) is 25.8 Å². The van der Waals surface area contributed by atoms with Crippen LogP contribution in [0.4, 0.5) is 11.4 Å². The second-order valence-corrected chi connectivity index (χ2v) is 6.02. The number of nitrogens with one attached hydrogen (secondary N) is 2. The van der Waals surface area contributed by atoms with Gasteiger partial charge in [-0.2, -0.15) is 0 Å². The van der Waals surface area contributed by atoms with Crippen molar-refractivity contribution < 1.29 is 4.79 Å². The van der Waals surface area contributed by atoms with Crippen LogP contribution in [0.15, 0.2) is 18.2 Å². The minimum Gasteiger partial charge on any atom is -0.399 e. The van der Waals surface area contributed by atoms with Crippen LogP contribution in [0.3, 0.4) is 0 Å². The highest BCUT2D eigenvalue weighted by atomic mass is 16.1. The number of carbonyl (C=O) groups is 1. The van der Waals surface area contributed by atoms with Crippen LogP contribution in [0.5, 0.6) is 0 Å². The molecule has 1 amide bonds. The van der Waals surface area contributed by atoms with E-state index in [-0.39, 0.29) is 5.91 Å². The van der Waals surface area contributed by atoms with Crippen molar-refractivity contribution >= 4 is 17.3 Å². The molecule has 1 aromatic rings. The standard InChI is InChI=1S/C16H24N4O/c1-18-16(21)12-6-5-11(17)10-14(12)19-13-7-9-20-8-3-2-4-15(13)20/h5-6,10,13,15,19H,2-4,7-9,17H2,1H3,(H,18,21). The van der Waals surface area contributed by atoms with Crippen molar-refractivity contribution in [1.29, 1.82) is 0 Å². The maximum atomic E-state index is 12.0. The number of rotatable bonds is 3. The SMILES string of the molecule is CNC(=O)c1ccc(N)cc1NC1CCN2CCCCC12. The molecule has 0 saturated carbocycles. The van der Waals surface area contributed by atoms with Crippen LogP contribution in [0.1, 0.15) is 36.0 Å². The molecular formula is C16H24N4O. The van der Waals surface area contributed by atoms with Crippen LogP contribution in [0.2, 0.25) is 0 Å². The summed E-state index contributed by atoms with van der Waals surface area (Å²) in [5, 5.41) is 6.27. The van der Waals surface area contributed by atoms with Crippen molar-refractivity contribution in [2.45, 2.75) is 37.8 Å². The molecule has 0 spiro atoms. The number of nitrogen functional groups attached to an aromatic ring is 1.